The molecule has 0 saturated heterocycles. The molecule has 104 valence electrons. The molecule has 1 unspecified atom stereocenters. The Bertz CT molecular complexity index is 415. The minimum Gasteiger partial charge on any atom is -0.405 e. The van der Waals surface area contributed by atoms with Gasteiger partial charge >= 0.3 is 5.97 Å². The molecule has 0 bridgehead atoms. The zero-order valence-corrected chi connectivity index (χ0v) is 11.6. The van der Waals surface area contributed by atoms with E-state index >= 15 is 0 Å². The summed E-state index contributed by atoms with van der Waals surface area (Å²) in [5.41, 5.74) is 0.931. The van der Waals surface area contributed by atoms with Gasteiger partial charge in [-0.3, -0.25) is 4.48 Å². The van der Waals surface area contributed by atoms with Crippen molar-refractivity contribution < 1.29 is 19.1 Å². The van der Waals surface area contributed by atoms with Crippen LogP contribution < -0.4 is 0 Å². The predicted molar refractivity (Wildman–Crippen MR) is 74.2 cm³/mol. The standard InChI is InChI=1S/C15H22NO3/c1-4-14(18)19-15(13-9-6-5-7-10-13)16(2,3)11-8-12-17/h4-7,9-10,15,17H,1,8,11-12H2,2-3H3/q+1. The Morgan fingerprint density at radius 1 is 1.42 bits per heavy atom. The highest BCUT2D eigenvalue weighted by molar-refractivity contribution is 5.81. The predicted octanol–water partition coefficient (Wildman–Crippen LogP) is 1.87. The summed E-state index contributed by atoms with van der Waals surface area (Å²) in [4.78, 5) is 11.5. The fourth-order valence-corrected chi connectivity index (χ4v) is 1.99. The topological polar surface area (TPSA) is 46.5 Å². The van der Waals surface area contributed by atoms with E-state index in [1.807, 2.05) is 44.4 Å². The first-order valence-electron chi connectivity index (χ1n) is 6.33. The number of aliphatic hydroxyl groups is 1. The average molecular weight is 264 g/mol. The van der Waals surface area contributed by atoms with E-state index in [0.717, 1.165) is 5.56 Å². The van der Waals surface area contributed by atoms with Crippen LogP contribution in [0.3, 0.4) is 0 Å². The van der Waals surface area contributed by atoms with Gasteiger partial charge in [-0.25, -0.2) is 4.79 Å². The SMILES string of the molecule is C=CC(=O)OC(c1ccccc1)[N+](C)(C)CCCO. The maximum atomic E-state index is 11.5. The number of hydrogen-bond donors (Lipinski definition) is 1. The molecule has 1 aromatic carbocycles. The van der Waals surface area contributed by atoms with Crippen LogP contribution in [0.25, 0.3) is 0 Å². The van der Waals surface area contributed by atoms with Gasteiger partial charge in [0, 0.05) is 19.1 Å². The smallest absolute Gasteiger partial charge is 0.334 e. The molecule has 0 aliphatic carbocycles. The van der Waals surface area contributed by atoms with Crippen molar-refractivity contribution in [2.45, 2.75) is 12.6 Å². The average Bonchev–Trinajstić information content (AvgIpc) is 2.43. The summed E-state index contributed by atoms with van der Waals surface area (Å²) >= 11 is 0. The Morgan fingerprint density at radius 3 is 2.58 bits per heavy atom. The molecule has 4 nitrogen and oxygen atoms in total. The molecule has 0 amide bonds. The van der Waals surface area contributed by atoms with Gasteiger partial charge in [-0.2, -0.15) is 0 Å². The highest BCUT2D eigenvalue weighted by atomic mass is 16.6. The third-order valence-electron chi connectivity index (χ3n) is 3.01. The highest BCUT2D eigenvalue weighted by Gasteiger charge is 2.32. The van der Waals surface area contributed by atoms with Crippen molar-refractivity contribution in [1.82, 2.24) is 0 Å². The van der Waals surface area contributed by atoms with Gasteiger partial charge in [0.15, 0.2) is 0 Å². The third kappa shape index (κ3) is 4.50. The van der Waals surface area contributed by atoms with E-state index in [1.54, 1.807) is 0 Å². The molecule has 19 heavy (non-hydrogen) atoms. The molecule has 1 N–H and O–H groups in total. The molecule has 1 atom stereocenters. The molecule has 0 aliphatic heterocycles. The van der Waals surface area contributed by atoms with Crippen molar-refractivity contribution in [2.75, 3.05) is 27.2 Å². The zero-order chi connectivity index (χ0) is 14.3. The van der Waals surface area contributed by atoms with E-state index in [-0.39, 0.29) is 6.61 Å². The van der Waals surface area contributed by atoms with E-state index in [1.165, 1.54) is 6.08 Å². The maximum Gasteiger partial charge on any atom is 0.334 e. The van der Waals surface area contributed by atoms with E-state index in [0.29, 0.717) is 17.4 Å². The van der Waals surface area contributed by atoms with Gasteiger partial charge in [-0.05, 0) is 12.1 Å². The molecule has 0 radical (unpaired) electrons. The van der Waals surface area contributed by atoms with Gasteiger partial charge in [0.05, 0.1) is 26.2 Å². The first-order valence-corrected chi connectivity index (χ1v) is 6.33. The monoisotopic (exact) mass is 264 g/mol. The van der Waals surface area contributed by atoms with Gasteiger partial charge < -0.3 is 9.84 Å². The first kappa shape index (κ1) is 15.4. The summed E-state index contributed by atoms with van der Waals surface area (Å²) in [6.45, 7) is 4.26. The molecule has 1 aromatic rings. The van der Waals surface area contributed by atoms with Gasteiger partial charge in [0.2, 0.25) is 0 Å². The number of hydrogen-bond acceptors (Lipinski definition) is 3. The Labute approximate surface area is 114 Å². The normalized spacial score (nSPS) is 12.8. The van der Waals surface area contributed by atoms with E-state index < -0.39 is 12.2 Å². The summed E-state index contributed by atoms with van der Waals surface area (Å²) in [7, 11) is 3.95. The minimum absolute atomic E-state index is 0.124. The number of quaternary nitrogens is 1. The van der Waals surface area contributed by atoms with Crippen LogP contribution in [-0.2, 0) is 9.53 Å². The van der Waals surface area contributed by atoms with Crippen LogP contribution in [0, 0.1) is 0 Å². The summed E-state index contributed by atoms with van der Waals surface area (Å²) < 4.78 is 5.94. The zero-order valence-electron chi connectivity index (χ0n) is 11.6. The summed E-state index contributed by atoms with van der Waals surface area (Å²) in [5.74, 6) is -0.441. The van der Waals surface area contributed by atoms with Crippen LogP contribution in [-0.4, -0.2) is 42.8 Å². The van der Waals surface area contributed by atoms with Crippen LogP contribution in [0.15, 0.2) is 43.0 Å². The van der Waals surface area contributed by atoms with Crippen LogP contribution in [0.2, 0.25) is 0 Å². The summed E-state index contributed by atoms with van der Waals surface area (Å²) in [6, 6.07) is 9.61. The number of aliphatic hydroxyl groups excluding tert-OH is 1. The summed E-state index contributed by atoms with van der Waals surface area (Å²) in [6.07, 6.45) is 1.42. The molecule has 1 rings (SSSR count). The lowest BCUT2D eigenvalue weighted by molar-refractivity contribution is -0.942. The quantitative estimate of drug-likeness (QED) is 0.354. The Balaban J connectivity index is 2.98. The number of carbonyl (C=O) groups excluding carboxylic acids is 1. The Kier molecular flexibility index (Phi) is 5.73. The molecule has 0 aromatic heterocycles. The number of esters is 1. The summed E-state index contributed by atoms with van der Waals surface area (Å²) in [5, 5.41) is 8.98. The lowest BCUT2D eigenvalue weighted by Gasteiger charge is -2.36. The van der Waals surface area contributed by atoms with Crippen molar-refractivity contribution >= 4 is 5.97 Å². The maximum absolute atomic E-state index is 11.5. The number of carbonyl (C=O) groups is 1. The minimum atomic E-state index is -0.441. The molecule has 0 heterocycles. The van der Waals surface area contributed by atoms with Gasteiger partial charge in [-0.15, -0.1) is 0 Å². The van der Waals surface area contributed by atoms with Crippen LogP contribution in [0.4, 0.5) is 0 Å². The van der Waals surface area contributed by atoms with Gasteiger partial charge in [0.25, 0.3) is 6.23 Å². The Morgan fingerprint density at radius 2 is 2.05 bits per heavy atom. The molecule has 0 saturated carbocycles. The van der Waals surface area contributed by atoms with Crippen LogP contribution in [0.1, 0.15) is 18.2 Å². The lowest BCUT2D eigenvalue weighted by Crippen LogP contribution is -2.46. The van der Waals surface area contributed by atoms with E-state index in [9.17, 15) is 4.79 Å². The number of nitrogens with zero attached hydrogens (tertiary/aromatic N) is 1. The first-order chi connectivity index (χ1) is 9.01. The van der Waals surface area contributed by atoms with E-state index in [2.05, 4.69) is 6.58 Å². The second-order valence-corrected chi connectivity index (χ2v) is 4.98. The fourth-order valence-electron chi connectivity index (χ4n) is 1.99. The molecular weight excluding hydrogens is 242 g/mol. The lowest BCUT2D eigenvalue weighted by atomic mass is 10.1. The number of benzene rings is 1. The second kappa shape index (κ2) is 7.07. The third-order valence-corrected chi connectivity index (χ3v) is 3.01. The Hall–Kier alpha value is -1.65. The van der Waals surface area contributed by atoms with E-state index in [4.69, 9.17) is 9.84 Å². The number of ether oxygens (including phenoxy) is 1. The highest BCUT2D eigenvalue weighted by Crippen LogP contribution is 2.27. The molecule has 0 fully saturated rings. The van der Waals surface area contributed by atoms with Crippen molar-refractivity contribution in [3.8, 4) is 0 Å². The second-order valence-electron chi connectivity index (χ2n) is 4.98. The van der Waals surface area contributed by atoms with Crippen molar-refractivity contribution in [3.63, 3.8) is 0 Å². The molecule has 4 heteroatoms. The van der Waals surface area contributed by atoms with Gasteiger partial charge in [-0.1, -0.05) is 24.8 Å². The van der Waals surface area contributed by atoms with Gasteiger partial charge in [0.1, 0.15) is 0 Å². The fraction of sp³-hybridized carbons (Fsp3) is 0.400. The van der Waals surface area contributed by atoms with Crippen molar-refractivity contribution in [2.24, 2.45) is 0 Å². The van der Waals surface area contributed by atoms with Crippen molar-refractivity contribution in [3.05, 3.63) is 48.6 Å². The molecular formula is C15H22NO3+. The van der Waals surface area contributed by atoms with Crippen LogP contribution >= 0.6 is 0 Å². The van der Waals surface area contributed by atoms with Crippen molar-refractivity contribution in [1.29, 1.82) is 0 Å². The van der Waals surface area contributed by atoms with Crippen LogP contribution in [0.5, 0.6) is 0 Å². The molecule has 0 aliphatic rings. The molecule has 0 spiro atoms. The number of rotatable bonds is 7. The largest absolute Gasteiger partial charge is 0.405 e.